The fourth-order valence-electron chi connectivity index (χ4n) is 2.42. The van der Waals surface area contributed by atoms with Crippen molar-refractivity contribution in [2.45, 2.75) is 46.1 Å². The molecule has 0 amide bonds. The highest BCUT2D eigenvalue weighted by molar-refractivity contribution is 7.05. The second-order valence-electron chi connectivity index (χ2n) is 6.25. The quantitative estimate of drug-likeness (QED) is 0.935. The average molecular weight is 289 g/mol. The van der Waals surface area contributed by atoms with E-state index in [1.807, 2.05) is 7.05 Å². The van der Waals surface area contributed by atoms with E-state index in [2.05, 4.69) is 67.7 Å². The molecule has 1 aromatic heterocycles. The Morgan fingerprint density at radius 1 is 1.20 bits per heavy atom. The van der Waals surface area contributed by atoms with Gasteiger partial charge in [-0.05, 0) is 49.1 Å². The maximum absolute atomic E-state index is 4.36. The van der Waals surface area contributed by atoms with Crippen molar-refractivity contribution in [2.24, 2.45) is 0 Å². The third kappa shape index (κ3) is 2.76. The first kappa shape index (κ1) is 15.1. The van der Waals surface area contributed by atoms with Crippen LogP contribution in [0.3, 0.4) is 0 Å². The molecule has 0 fully saturated rings. The molecule has 1 heterocycles. The summed E-state index contributed by atoms with van der Waals surface area (Å²) in [6.45, 7) is 10.9. The van der Waals surface area contributed by atoms with Crippen LogP contribution in [0.5, 0.6) is 0 Å². The first-order valence-corrected chi connectivity index (χ1v) is 7.69. The molecule has 3 nitrogen and oxygen atoms in total. The zero-order chi connectivity index (χ0) is 14.9. The molecular formula is C16H23N3S. The Labute approximate surface area is 125 Å². The molecule has 0 saturated carbocycles. The molecule has 2 aromatic rings. The van der Waals surface area contributed by atoms with E-state index in [1.165, 1.54) is 33.1 Å². The van der Waals surface area contributed by atoms with Gasteiger partial charge in [0.1, 0.15) is 0 Å². The normalized spacial score (nSPS) is 13.5. The van der Waals surface area contributed by atoms with E-state index in [1.54, 1.807) is 0 Å². The van der Waals surface area contributed by atoms with E-state index in [0.717, 1.165) is 5.69 Å². The zero-order valence-corrected chi connectivity index (χ0v) is 13.9. The minimum atomic E-state index is 0.00909. The van der Waals surface area contributed by atoms with Crippen LogP contribution in [0, 0.1) is 13.8 Å². The van der Waals surface area contributed by atoms with Gasteiger partial charge in [-0.3, -0.25) is 0 Å². The SMILES string of the molecule is CNC(c1cccc(C)c1C)c1snnc1C(C)(C)C. The molecule has 0 radical (unpaired) electrons. The smallest absolute Gasteiger partial charge is 0.0860 e. The summed E-state index contributed by atoms with van der Waals surface area (Å²) < 4.78 is 4.19. The van der Waals surface area contributed by atoms with E-state index >= 15 is 0 Å². The molecule has 0 spiro atoms. The second kappa shape index (κ2) is 5.62. The van der Waals surface area contributed by atoms with Gasteiger partial charge >= 0.3 is 0 Å². The number of hydrogen-bond acceptors (Lipinski definition) is 4. The monoisotopic (exact) mass is 289 g/mol. The van der Waals surface area contributed by atoms with Gasteiger partial charge in [0.15, 0.2) is 0 Å². The standard InChI is InChI=1S/C16H23N3S/c1-10-8-7-9-12(11(10)2)13(17-6)14-15(16(3,4)5)18-19-20-14/h7-9,13,17H,1-6H3. The molecule has 4 heteroatoms. The number of rotatable bonds is 3. The van der Waals surface area contributed by atoms with Gasteiger partial charge in [0.25, 0.3) is 0 Å². The third-order valence-corrected chi connectivity index (χ3v) is 4.52. The van der Waals surface area contributed by atoms with Crippen LogP contribution in [0.25, 0.3) is 0 Å². The van der Waals surface area contributed by atoms with Gasteiger partial charge in [0, 0.05) is 5.41 Å². The van der Waals surface area contributed by atoms with Crippen LogP contribution in [-0.4, -0.2) is 16.6 Å². The first-order chi connectivity index (χ1) is 9.36. The van der Waals surface area contributed by atoms with Crippen molar-refractivity contribution in [1.82, 2.24) is 14.9 Å². The molecule has 20 heavy (non-hydrogen) atoms. The summed E-state index contributed by atoms with van der Waals surface area (Å²) >= 11 is 1.49. The topological polar surface area (TPSA) is 37.8 Å². The zero-order valence-electron chi connectivity index (χ0n) is 13.1. The third-order valence-electron chi connectivity index (χ3n) is 3.73. The summed E-state index contributed by atoms with van der Waals surface area (Å²) in [4.78, 5) is 1.22. The van der Waals surface area contributed by atoms with Crippen LogP contribution in [0.15, 0.2) is 18.2 Å². The van der Waals surface area contributed by atoms with Gasteiger partial charge < -0.3 is 5.32 Å². The van der Waals surface area contributed by atoms with Gasteiger partial charge in [0.2, 0.25) is 0 Å². The van der Waals surface area contributed by atoms with Crippen molar-refractivity contribution in [3.63, 3.8) is 0 Å². The number of nitrogens with one attached hydrogen (secondary N) is 1. The molecule has 1 atom stereocenters. The minimum absolute atomic E-state index is 0.00909. The van der Waals surface area contributed by atoms with Gasteiger partial charge in [-0.1, -0.05) is 43.5 Å². The van der Waals surface area contributed by atoms with Crippen LogP contribution < -0.4 is 5.32 Å². The Balaban J connectivity index is 2.54. The Hall–Kier alpha value is -1.26. The van der Waals surface area contributed by atoms with Crippen molar-refractivity contribution in [2.75, 3.05) is 7.05 Å². The van der Waals surface area contributed by atoms with Crippen LogP contribution in [0.1, 0.15) is 54.1 Å². The summed E-state index contributed by atoms with van der Waals surface area (Å²) in [6.07, 6.45) is 0. The highest BCUT2D eigenvalue weighted by atomic mass is 32.1. The molecule has 1 aromatic carbocycles. The fourth-order valence-corrected chi connectivity index (χ4v) is 3.42. The van der Waals surface area contributed by atoms with Gasteiger partial charge in [0.05, 0.1) is 16.6 Å². The summed E-state index contributed by atoms with van der Waals surface area (Å²) in [5.74, 6) is 0. The molecule has 1 N–H and O–H groups in total. The number of aryl methyl sites for hydroxylation is 1. The molecule has 0 aliphatic rings. The molecule has 1 unspecified atom stereocenters. The highest BCUT2D eigenvalue weighted by Gasteiger charge is 2.28. The maximum Gasteiger partial charge on any atom is 0.0860 e. The van der Waals surface area contributed by atoms with Crippen LogP contribution in [0.4, 0.5) is 0 Å². The highest BCUT2D eigenvalue weighted by Crippen LogP contribution is 2.34. The first-order valence-electron chi connectivity index (χ1n) is 6.92. The molecule has 0 aliphatic heterocycles. The van der Waals surface area contributed by atoms with Crippen LogP contribution in [0.2, 0.25) is 0 Å². The predicted octanol–water partition coefficient (Wildman–Crippen LogP) is 3.76. The van der Waals surface area contributed by atoms with Crippen LogP contribution in [-0.2, 0) is 5.41 Å². The number of nitrogens with zero attached hydrogens (tertiary/aromatic N) is 2. The largest absolute Gasteiger partial charge is 0.309 e. The van der Waals surface area contributed by atoms with Crippen molar-refractivity contribution < 1.29 is 0 Å². The minimum Gasteiger partial charge on any atom is -0.309 e. The van der Waals surface area contributed by atoms with E-state index in [-0.39, 0.29) is 11.5 Å². The summed E-state index contributed by atoms with van der Waals surface area (Å²) in [6, 6.07) is 6.62. The molecule has 0 aliphatic carbocycles. The fraction of sp³-hybridized carbons (Fsp3) is 0.500. The van der Waals surface area contributed by atoms with Gasteiger partial charge in [-0.25, -0.2) is 0 Å². The molecule has 2 rings (SSSR count). The van der Waals surface area contributed by atoms with E-state index in [4.69, 9.17) is 0 Å². The summed E-state index contributed by atoms with van der Waals surface area (Å²) in [5, 5.41) is 7.79. The summed E-state index contributed by atoms with van der Waals surface area (Å²) in [7, 11) is 2.00. The number of aromatic nitrogens is 2. The Bertz CT molecular complexity index is 596. The number of benzene rings is 1. The Morgan fingerprint density at radius 2 is 1.90 bits per heavy atom. The van der Waals surface area contributed by atoms with Crippen molar-refractivity contribution in [1.29, 1.82) is 0 Å². The molecule has 0 saturated heterocycles. The van der Waals surface area contributed by atoms with Crippen molar-refractivity contribution in [3.8, 4) is 0 Å². The molecular weight excluding hydrogens is 266 g/mol. The van der Waals surface area contributed by atoms with E-state index in [0.29, 0.717) is 0 Å². The lowest BCUT2D eigenvalue weighted by Gasteiger charge is -2.23. The Morgan fingerprint density at radius 3 is 2.50 bits per heavy atom. The van der Waals surface area contributed by atoms with Crippen molar-refractivity contribution >= 4 is 11.5 Å². The lowest BCUT2D eigenvalue weighted by Crippen LogP contribution is -2.23. The predicted molar refractivity (Wildman–Crippen MR) is 85.4 cm³/mol. The number of hydrogen-bond donors (Lipinski definition) is 1. The summed E-state index contributed by atoms with van der Waals surface area (Å²) in [5.41, 5.74) is 5.05. The lowest BCUT2D eigenvalue weighted by atomic mass is 9.87. The lowest BCUT2D eigenvalue weighted by molar-refractivity contribution is 0.549. The van der Waals surface area contributed by atoms with Crippen molar-refractivity contribution in [3.05, 3.63) is 45.5 Å². The Kier molecular flexibility index (Phi) is 4.25. The maximum atomic E-state index is 4.36. The van der Waals surface area contributed by atoms with Gasteiger partial charge in [-0.2, -0.15) is 0 Å². The van der Waals surface area contributed by atoms with E-state index in [9.17, 15) is 0 Å². The second-order valence-corrected chi connectivity index (χ2v) is 7.03. The molecule has 0 bridgehead atoms. The van der Waals surface area contributed by atoms with Gasteiger partial charge in [-0.15, -0.1) is 5.10 Å². The average Bonchev–Trinajstić information content (AvgIpc) is 2.84. The molecule has 108 valence electrons. The van der Waals surface area contributed by atoms with Crippen LogP contribution >= 0.6 is 11.5 Å². The van der Waals surface area contributed by atoms with E-state index < -0.39 is 0 Å².